The Kier molecular flexibility index (Phi) is 15.3. The number of esters is 2. The van der Waals surface area contributed by atoms with Crippen LogP contribution in [0.2, 0.25) is 0 Å². The van der Waals surface area contributed by atoms with Gasteiger partial charge in [0.25, 0.3) is 0 Å². The highest BCUT2D eigenvalue weighted by atomic mass is 16.5. The molecule has 340 valence electrons. The third-order valence-corrected chi connectivity index (χ3v) is 12.4. The first kappa shape index (κ1) is 46.8. The summed E-state index contributed by atoms with van der Waals surface area (Å²) < 4.78 is 23.9. The summed E-state index contributed by atoms with van der Waals surface area (Å²) in [5.74, 6) is -5.24. The summed E-state index contributed by atoms with van der Waals surface area (Å²) in [5.41, 5.74) is 1.20. The monoisotopic (exact) mass is 886 g/mol. The highest BCUT2D eigenvalue weighted by molar-refractivity contribution is 6.00. The van der Waals surface area contributed by atoms with E-state index in [1.165, 1.54) is 0 Å². The maximum Gasteiger partial charge on any atom is 0.311 e. The molecule has 1 fully saturated rings. The van der Waals surface area contributed by atoms with Crippen LogP contribution in [-0.2, 0) is 52.9 Å². The summed E-state index contributed by atoms with van der Waals surface area (Å²) in [5, 5.41) is 6.51. The molecule has 2 N–H and O–H groups in total. The maximum absolute atomic E-state index is 15.1. The first-order valence-corrected chi connectivity index (χ1v) is 22.7. The van der Waals surface area contributed by atoms with Gasteiger partial charge in [-0.2, -0.15) is 0 Å². The lowest BCUT2D eigenvalue weighted by atomic mass is 9.55. The van der Waals surface area contributed by atoms with Crippen molar-refractivity contribution in [2.75, 3.05) is 0 Å². The zero-order valence-electron chi connectivity index (χ0n) is 38.0. The fraction of sp³-hybridized carbons (Fsp3) is 0.286. The van der Waals surface area contributed by atoms with Crippen molar-refractivity contribution in [2.24, 2.45) is 23.7 Å². The zero-order chi connectivity index (χ0) is 46.5. The van der Waals surface area contributed by atoms with Gasteiger partial charge in [-0.1, -0.05) is 148 Å². The van der Waals surface area contributed by atoms with Crippen LogP contribution >= 0.6 is 0 Å². The molecule has 0 aliphatic heterocycles. The smallest absolute Gasteiger partial charge is 0.311 e. The van der Waals surface area contributed by atoms with Gasteiger partial charge in [0.2, 0.25) is 11.8 Å². The molecular weight excluding hydrogens is 829 g/mol. The van der Waals surface area contributed by atoms with E-state index < -0.39 is 58.5 Å². The van der Waals surface area contributed by atoms with Gasteiger partial charge in [-0.15, -0.1) is 0 Å². The molecule has 2 amide bonds. The van der Waals surface area contributed by atoms with Crippen LogP contribution in [0.1, 0.15) is 75.6 Å². The average Bonchev–Trinajstić information content (AvgIpc) is 3.32. The van der Waals surface area contributed by atoms with E-state index in [0.29, 0.717) is 48.7 Å². The van der Waals surface area contributed by atoms with Crippen molar-refractivity contribution in [1.29, 1.82) is 0 Å². The van der Waals surface area contributed by atoms with Crippen molar-refractivity contribution in [2.45, 2.75) is 77.7 Å². The molecule has 1 saturated carbocycles. The number of hydrogen-bond acceptors (Lipinski definition) is 8. The predicted molar refractivity (Wildman–Crippen MR) is 253 cm³/mol. The van der Waals surface area contributed by atoms with Crippen molar-refractivity contribution in [1.82, 2.24) is 10.6 Å². The molecule has 1 aliphatic rings. The van der Waals surface area contributed by atoms with Crippen LogP contribution in [0, 0.1) is 23.7 Å². The Morgan fingerprint density at radius 3 is 1.05 bits per heavy atom. The quantitative estimate of drug-likeness (QED) is 0.0725. The number of carbonyl (C=O) groups is 4. The summed E-state index contributed by atoms with van der Waals surface area (Å²) in [6.07, 6.45) is 2.47. The average molecular weight is 887 g/mol. The molecule has 6 aromatic rings. The van der Waals surface area contributed by atoms with E-state index in [1.54, 1.807) is 0 Å². The second kappa shape index (κ2) is 21.7. The van der Waals surface area contributed by atoms with Crippen LogP contribution in [-0.4, -0.2) is 23.8 Å². The zero-order valence-corrected chi connectivity index (χ0v) is 38.0. The third kappa shape index (κ3) is 11.4. The Hall–Kier alpha value is -7.20. The minimum atomic E-state index is -1.33. The van der Waals surface area contributed by atoms with E-state index in [-0.39, 0.29) is 13.2 Å². The number of para-hydroxylation sites is 2. The SMILES string of the molecule is CCC[C@@](C)(NC(=O)C1C(C(=O)N[C@](C)(CCC)c2ccc(Oc3ccccc3)cc2)C(C(=O)OCc2ccccc2)C1C(=O)OCc1ccccc1)c1ccc(Oc2ccccc2)cc1. The fourth-order valence-electron chi connectivity index (χ4n) is 8.94. The molecule has 7 rings (SSSR count). The lowest BCUT2D eigenvalue weighted by Crippen LogP contribution is -2.66. The van der Waals surface area contributed by atoms with E-state index in [1.807, 2.05) is 198 Å². The predicted octanol–water partition coefficient (Wildman–Crippen LogP) is 11.2. The maximum atomic E-state index is 15.1. The number of nitrogens with one attached hydrogen (secondary N) is 2. The van der Waals surface area contributed by atoms with Gasteiger partial charge in [0.05, 0.1) is 34.7 Å². The summed E-state index contributed by atoms with van der Waals surface area (Å²) in [7, 11) is 0. The lowest BCUT2D eigenvalue weighted by molar-refractivity contribution is -0.189. The largest absolute Gasteiger partial charge is 0.461 e. The Morgan fingerprint density at radius 1 is 0.424 bits per heavy atom. The molecular formula is C56H58N2O8. The van der Waals surface area contributed by atoms with Crippen LogP contribution in [0.3, 0.4) is 0 Å². The minimum Gasteiger partial charge on any atom is -0.461 e. The molecule has 4 unspecified atom stereocenters. The molecule has 0 heterocycles. The number of rotatable bonds is 20. The van der Waals surface area contributed by atoms with Crippen molar-refractivity contribution < 1.29 is 38.1 Å². The molecule has 66 heavy (non-hydrogen) atoms. The highest BCUT2D eigenvalue weighted by Crippen LogP contribution is 2.50. The van der Waals surface area contributed by atoms with Gasteiger partial charge >= 0.3 is 11.9 Å². The second-order valence-electron chi connectivity index (χ2n) is 17.3. The number of ether oxygens (including phenoxy) is 4. The van der Waals surface area contributed by atoms with Gasteiger partial charge < -0.3 is 29.6 Å². The number of hydrogen-bond donors (Lipinski definition) is 2. The van der Waals surface area contributed by atoms with Gasteiger partial charge in [-0.05, 0) is 97.5 Å². The molecule has 0 radical (unpaired) electrons. The van der Waals surface area contributed by atoms with Gasteiger partial charge in [0, 0.05) is 0 Å². The normalized spacial score (nSPS) is 18.2. The minimum absolute atomic E-state index is 0.0866. The van der Waals surface area contributed by atoms with Gasteiger partial charge in [0.1, 0.15) is 36.2 Å². The van der Waals surface area contributed by atoms with E-state index in [4.69, 9.17) is 18.9 Å². The Labute approximate surface area is 387 Å². The Morgan fingerprint density at radius 2 is 0.727 bits per heavy atom. The van der Waals surface area contributed by atoms with Crippen molar-refractivity contribution in [3.8, 4) is 23.0 Å². The molecule has 0 spiro atoms. The van der Waals surface area contributed by atoms with Crippen LogP contribution in [0.4, 0.5) is 0 Å². The molecule has 6 atom stereocenters. The van der Waals surface area contributed by atoms with Crippen LogP contribution in [0.25, 0.3) is 0 Å². The third-order valence-electron chi connectivity index (χ3n) is 12.4. The summed E-state index contributed by atoms with van der Waals surface area (Å²) in [6.45, 7) is 7.72. The van der Waals surface area contributed by atoms with E-state index >= 15 is 9.59 Å². The van der Waals surface area contributed by atoms with Gasteiger partial charge in [-0.3, -0.25) is 19.2 Å². The molecule has 1 aliphatic carbocycles. The van der Waals surface area contributed by atoms with E-state index in [0.717, 1.165) is 22.3 Å². The first-order valence-electron chi connectivity index (χ1n) is 22.7. The summed E-state index contributed by atoms with van der Waals surface area (Å²) in [6, 6.07) is 52.2. The van der Waals surface area contributed by atoms with Crippen molar-refractivity contribution in [3.05, 3.63) is 192 Å². The summed E-state index contributed by atoms with van der Waals surface area (Å²) >= 11 is 0. The summed E-state index contributed by atoms with van der Waals surface area (Å²) in [4.78, 5) is 59.1. The molecule has 0 saturated heterocycles. The first-order chi connectivity index (χ1) is 32.0. The fourth-order valence-corrected chi connectivity index (χ4v) is 8.94. The Balaban J connectivity index is 1.22. The van der Waals surface area contributed by atoms with Crippen LogP contribution in [0.5, 0.6) is 23.0 Å². The van der Waals surface area contributed by atoms with Crippen LogP contribution < -0.4 is 20.1 Å². The van der Waals surface area contributed by atoms with E-state index in [2.05, 4.69) is 10.6 Å². The van der Waals surface area contributed by atoms with Crippen molar-refractivity contribution >= 4 is 23.8 Å². The lowest BCUT2D eigenvalue weighted by Gasteiger charge is -2.49. The molecule has 0 bridgehead atoms. The number of amides is 2. The van der Waals surface area contributed by atoms with Gasteiger partial charge in [0.15, 0.2) is 0 Å². The molecule has 10 nitrogen and oxygen atoms in total. The molecule has 6 aromatic carbocycles. The van der Waals surface area contributed by atoms with Crippen molar-refractivity contribution in [3.63, 3.8) is 0 Å². The highest BCUT2D eigenvalue weighted by Gasteiger charge is 2.65. The standard InChI is InChI=1S/C56H58N2O8/c1-5-35-55(3,41-27-31-45(32-28-41)65-43-23-15-9-16-24-43)57-51(59)47-48(52(60)58-56(4,36-6-2)42-29-33-46(34-30-42)66-44-25-17-10-18-26-44)50(54(62)64-38-40-21-13-8-14-22-40)49(47)53(61)63-37-39-19-11-7-12-20-39/h7-34,47-50H,5-6,35-38H2,1-4H3,(H,57,59)(H,58,60)/t47?,48?,49?,50?,55-,56-/m1/s1. The van der Waals surface area contributed by atoms with E-state index in [9.17, 15) is 9.59 Å². The second-order valence-corrected chi connectivity index (χ2v) is 17.3. The number of benzene rings is 6. The topological polar surface area (TPSA) is 129 Å². The number of carbonyl (C=O) groups excluding carboxylic acids is 4. The Bertz CT molecular complexity index is 2340. The molecule has 0 aromatic heterocycles. The molecule has 10 heteroatoms. The van der Waals surface area contributed by atoms with Crippen LogP contribution in [0.15, 0.2) is 170 Å². The van der Waals surface area contributed by atoms with Gasteiger partial charge in [-0.25, -0.2) is 0 Å².